The number of hydrogen-bond acceptors (Lipinski definition) is 9. The number of benzene rings is 2. The zero-order chi connectivity index (χ0) is 27.9. The minimum Gasteiger partial charge on any atom is -0.493 e. The molecule has 9 nitrogen and oxygen atoms in total. The summed E-state index contributed by atoms with van der Waals surface area (Å²) < 4.78 is 11.2. The van der Waals surface area contributed by atoms with Gasteiger partial charge in [-0.15, -0.1) is 0 Å². The van der Waals surface area contributed by atoms with E-state index in [1.807, 2.05) is 12.1 Å². The molecule has 40 heavy (non-hydrogen) atoms. The molecule has 0 saturated carbocycles. The van der Waals surface area contributed by atoms with Crippen LogP contribution < -0.4 is 25.0 Å². The van der Waals surface area contributed by atoms with Crippen molar-refractivity contribution in [3.8, 4) is 11.5 Å². The van der Waals surface area contributed by atoms with Crippen molar-refractivity contribution >= 4 is 28.4 Å². The first-order valence-electron chi connectivity index (χ1n) is 14.7. The van der Waals surface area contributed by atoms with Gasteiger partial charge in [0.05, 0.1) is 19.7 Å². The molecule has 0 aliphatic carbocycles. The number of piperidine rings is 1. The minimum atomic E-state index is 0.342. The SMILES string of the molecule is COc1cc2nc(NCCCN3CCCC3)nc(NC3CCN(Cc4ccccc4N(C)C)CC3)c2cc1OC. The predicted octanol–water partition coefficient (Wildman–Crippen LogP) is 4.69. The Kier molecular flexibility index (Phi) is 9.44. The molecule has 2 saturated heterocycles. The van der Waals surface area contributed by atoms with E-state index >= 15 is 0 Å². The van der Waals surface area contributed by atoms with Crippen LogP contribution in [0.3, 0.4) is 0 Å². The molecule has 9 heteroatoms. The monoisotopic (exact) mass is 547 g/mol. The number of nitrogens with zero attached hydrogens (tertiary/aromatic N) is 5. The Bertz CT molecular complexity index is 1250. The number of methoxy groups -OCH3 is 2. The highest BCUT2D eigenvalue weighted by molar-refractivity contribution is 5.92. The van der Waals surface area contributed by atoms with Crippen molar-refractivity contribution in [1.82, 2.24) is 19.8 Å². The lowest BCUT2D eigenvalue weighted by Gasteiger charge is -2.33. The molecule has 5 rings (SSSR count). The Balaban J connectivity index is 1.27. The van der Waals surface area contributed by atoms with Gasteiger partial charge in [-0.25, -0.2) is 4.98 Å². The Labute approximate surface area is 238 Å². The normalized spacial score (nSPS) is 16.8. The van der Waals surface area contributed by atoms with Gasteiger partial charge in [0, 0.05) is 63.5 Å². The molecule has 3 aromatic rings. The fraction of sp³-hybridized carbons (Fsp3) is 0.548. The zero-order valence-electron chi connectivity index (χ0n) is 24.6. The van der Waals surface area contributed by atoms with Crippen LogP contribution in [0.4, 0.5) is 17.5 Å². The predicted molar refractivity (Wildman–Crippen MR) is 164 cm³/mol. The molecule has 2 fully saturated rings. The lowest BCUT2D eigenvalue weighted by molar-refractivity contribution is 0.211. The van der Waals surface area contributed by atoms with Crippen LogP contribution in [-0.4, -0.2) is 93.4 Å². The standard InChI is InChI=1S/C31H45N7O2/c1-36(2)27-11-6-5-10-23(27)22-38-18-12-24(13-19-38)33-30-25-20-28(39-3)29(40-4)21-26(25)34-31(35-30)32-14-9-17-37-15-7-8-16-37/h5-6,10-11,20-21,24H,7-9,12-19,22H2,1-4H3,(H2,32,33,34,35). The Hall–Kier alpha value is -3.30. The summed E-state index contributed by atoms with van der Waals surface area (Å²) >= 11 is 0. The van der Waals surface area contributed by atoms with E-state index in [9.17, 15) is 0 Å². The molecular weight excluding hydrogens is 502 g/mol. The summed E-state index contributed by atoms with van der Waals surface area (Å²) in [6.07, 6.45) is 5.84. The number of para-hydroxylation sites is 1. The lowest BCUT2D eigenvalue weighted by Crippen LogP contribution is -2.39. The highest BCUT2D eigenvalue weighted by Crippen LogP contribution is 2.35. The summed E-state index contributed by atoms with van der Waals surface area (Å²) in [5.41, 5.74) is 3.51. The second-order valence-corrected chi connectivity index (χ2v) is 11.2. The number of anilines is 3. The van der Waals surface area contributed by atoms with E-state index in [1.54, 1.807) is 14.2 Å². The average Bonchev–Trinajstić information content (AvgIpc) is 3.49. The van der Waals surface area contributed by atoms with Crippen molar-refractivity contribution in [2.75, 3.05) is 83.1 Å². The molecular formula is C31H45N7O2. The van der Waals surface area contributed by atoms with Crippen LogP contribution in [0.2, 0.25) is 0 Å². The third-order valence-electron chi connectivity index (χ3n) is 8.13. The van der Waals surface area contributed by atoms with Crippen LogP contribution in [-0.2, 0) is 6.54 Å². The van der Waals surface area contributed by atoms with Gasteiger partial charge in [0.15, 0.2) is 11.5 Å². The highest BCUT2D eigenvalue weighted by atomic mass is 16.5. The first kappa shape index (κ1) is 28.2. The second-order valence-electron chi connectivity index (χ2n) is 11.2. The van der Waals surface area contributed by atoms with Gasteiger partial charge in [-0.05, 0) is 69.4 Å². The number of aromatic nitrogens is 2. The van der Waals surface area contributed by atoms with Crippen LogP contribution in [0, 0.1) is 0 Å². The van der Waals surface area contributed by atoms with Crippen LogP contribution in [0.5, 0.6) is 11.5 Å². The molecule has 0 bridgehead atoms. The van der Waals surface area contributed by atoms with E-state index in [2.05, 4.69) is 63.7 Å². The summed E-state index contributed by atoms with van der Waals surface area (Å²) in [7, 11) is 7.55. The number of fused-ring (bicyclic) bond motifs is 1. The van der Waals surface area contributed by atoms with E-state index in [0.717, 1.165) is 68.7 Å². The summed E-state index contributed by atoms with van der Waals surface area (Å²) in [6, 6.07) is 13.0. The maximum atomic E-state index is 5.61. The van der Waals surface area contributed by atoms with Crippen LogP contribution in [0.15, 0.2) is 36.4 Å². The summed E-state index contributed by atoms with van der Waals surface area (Å²) in [6.45, 7) is 7.48. The van der Waals surface area contributed by atoms with Crippen molar-refractivity contribution < 1.29 is 9.47 Å². The van der Waals surface area contributed by atoms with Gasteiger partial charge in [0.2, 0.25) is 5.95 Å². The molecule has 0 radical (unpaired) electrons. The van der Waals surface area contributed by atoms with E-state index in [4.69, 9.17) is 19.4 Å². The van der Waals surface area contributed by atoms with Crippen molar-refractivity contribution in [1.29, 1.82) is 0 Å². The lowest BCUT2D eigenvalue weighted by atomic mass is 10.0. The van der Waals surface area contributed by atoms with Gasteiger partial charge < -0.3 is 29.9 Å². The maximum Gasteiger partial charge on any atom is 0.225 e. The molecule has 0 amide bonds. The minimum absolute atomic E-state index is 0.342. The number of ether oxygens (including phenoxy) is 2. The molecule has 2 aliphatic heterocycles. The average molecular weight is 548 g/mol. The van der Waals surface area contributed by atoms with Crippen molar-refractivity contribution in [3.63, 3.8) is 0 Å². The third-order valence-corrected chi connectivity index (χ3v) is 8.13. The van der Waals surface area contributed by atoms with Gasteiger partial charge >= 0.3 is 0 Å². The molecule has 2 aromatic carbocycles. The number of rotatable bonds is 12. The second kappa shape index (κ2) is 13.4. The van der Waals surface area contributed by atoms with Crippen molar-refractivity contribution in [3.05, 3.63) is 42.0 Å². The molecule has 216 valence electrons. The first-order chi connectivity index (χ1) is 19.5. The fourth-order valence-electron chi connectivity index (χ4n) is 5.90. The largest absolute Gasteiger partial charge is 0.493 e. The van der Waals surface area contributed by atoms with E-state index in [1.165, 1.54) is 37.2 Å². The Morgan fingerprint density at radius 3 is 2.38 bits per heavy atom. The van der Waals surface area contributed by atoms with Crippen LogP contribution >= 0.6 is 0 Å². The smallest absolute Gasteiger partial charge is 0.225 e. The summed E-state index contributed by atoms with van der Waals surface area (Å²) in [5.74, 6) is 2.86. The maximum absolute atomic E-state index is 5.61. The first-order valence-corrected chi connectivity index (χ1v) is 14.7. The molecule has 3 heterocycles. The van der Waals surface area contributed by atoms with Gasteiger partial charge in [-0.3, -0.25) is 4.90 Å². The van der Waals surface area contributed by atoms with Crippen LogP contribution in [0.25, 0.3) is 10.9 Å². The topological polar surface area (TPSA) is 78.0 Å². The summed E-state index contributed by atoms with van der Waals surface area (Å²) in [4.78, 5) is 17.1. The van der Waals surface area contributed by atoms with Crippen LogP contribution in [0.1, 0.15) is 37.7 Å². The van der Waals surface area contributed by atoms with E-state index in [-0.39, 0.29) is 0 Å². The third kappa shape index (κ3) is 6.88. The fourth-order valence-corrected chi connectivity index (χ4v) is 5.90. The highest BCUT2D eigenvalue weighted by Gasteiger charge is 2.22. The number of hydrogen-bond donors (Lipinski definition) is 2. The Morgan fingerprint density at radius 1 is 0.925 bits per heavy atom. The number of nitrogens with one attached hydrogen (secondary N) is 2. The number of likely N-dealkylation sites (tertiary alicyclic amines) is 2. The van der Waals surface area contributed by atoms with Crippen molar-refractivity contribution in [2.45, 2.75) is 44.7 Å². The molecule has 1 aromatic heterocycles. The van der Waals surface area contributed by atoms with Gasteiger partial charge in [-0.2, -0.15) is 4.98 Å². The molecule has 2 N–H and O–H groups in total. The quantitative estimate of drug-likeness (QED) is 0.314. The molecule has 0 spiro atoms. The molecule has 0 atom stereocenters. The van der Waals surface area contributed by atoms with E-state index < -0.39 is 0 Å². The van der Waals surface area contributed by atoms with E-state index in [0.29, 0.717) is 23.5 Å². The van der Waals surface area contributed by atoms with Gasteiger partial charge in [0.1, 0.15) is 5.82 Å². The van der Waals surface area contributed by atoms with Gasteiger partial charge in [0.25, 0.3) is 0 Å². The Morgan fingerprint density at radius 2 is 1.65 bits per heavy atom. The summed E-state index contributed by atoms with van der Waals surface area (Å²) in [5, 5.41) is 8.20. The molecule has 0 unspecified atom stereocenters. The van der Waals surface area contributed by atoms with Crippen molar-refractivity contribution in [2.24, 2.45) is 0 Å². The zero-order valence-corrected chi connectivity index (χ0v) is 24.6. The molecule has 2 aliphatic rings. The van der Waals surface area contributed by atoms with Gasteiger partial charge in [-0.1, -0.05) is 18.2 Å².